The molecule has 0 aromatic heterocycles. The molecule has 0 saturated carbocycles. The lowest BCUT2D eigenvalue weighted by atomic mass is 10.1. The molecule has 0 heterocycles. The van der Waals surface area contributed by atoms with Crippen LogP contribution in [0.3, 0.4) is 0 Å². The zero-order valence-electron chi connectivity index (χ0n) is 10.7. The lowest BCUT2D eigenvalue weighted by Crippen LogP contribution is -2.13. The summed E-state index contributed by atoms with van der Waals surface area (Å²) in [5.41, 5.74) is 7.49. The van der Waals surface area contributed by atoms with E-state index in [2.05, 4.69) is 21.2 Å². The Morgan fingerprint density at radius 3 is 2.55 bits per heavy atom. The van der Waals surface area contributed by atoms with Crippen molar-refractivity contribution in [2.75, 3.05) is 11.1 Å². The van der Waals surface area contributed by atoms with Gasteiger partial charge in [-0.15, -0.1) is 0 Å². The number of nitrogens with one attached hydrogen (secondary N) is 1. The van der Waals surface area contributed by atoms with Crippen LogP contribution in [0.4, 0.5) is 15.8 Å². The Morgan fingerprint density at radius 2 is 1.90 bits per heavy atom. The van der Waals surface area contributed by atoms with Crippen LogP contribution in [0.5, 0.6) is 0 Å². The van der Waals surface area contributed by atoms with Crippen molar-refractivity contribution in [1.29, 1.82) is 0 Å². The number of hydrogen-bond acceptors (Lipinski definition) is 2. The fourth-order valence-electron chi connectivity index (χ4n) is 1.75. The Morgan fingerprint density at radius 1 is 1.20 bits per heavy atom. The maximum Gasteiger partial charge on any atom is 0.224 e. The van der Waals surface area contributed by atoms with Crippen LogP contribution in [0, 0.1) is 5.82 Å². The second-order valence-corrected chi connectivity index (χ2v) is 5.33. The molecule has 3 N–H and O–H groups in total. The topological polar surface area (TPSA) is 55.1 Å². The van der Waals surface area contributed by atoms with Crippen molar-refractivity contribution in [3.63, 3.8) is 0 Å². The van der Waals surface area contributed by atoms with E-state index in [1.807, 2.05) is 12.1 Å². The summed E-state index contributed by atoms with van der Waals surface area (Å²) in [5.74, 6) is -0.678. The molecule has 2 aromatic carbocycles. The molecular weight excluding hydrogens is 323 g/mol. The van der Waals surface area contributed by atoms with Gasteiger partial charge >= 0.3 is 0 Å². The highest BCUT2D eigenvalue weighted by molar-refractivity contribution is 9.10. The minimum Gasteiger partial charge on any atom is -0.399 e. The van der Waals surface area contributed by atoms with Crippen molar-refractivity contribution >= 4 is 33.2 Å². The second kappa shape index (κ2) is 6.52. The molecule has 2 rings (SSSR count). The van der Waals surface area contributed by atoms with Crippen LogP contribution in [0.15, 0.2) is 46.9 Å². The highest BCUT2D eigenvalue weighted by Gasteiger charge is 2.07. The molecule has 5 heteroatoms. The number of halogens is 2. The monoisotopic (exact) mass is 336 g/mol. The van der Waals surface area contributed by atoms with Crippen LogP contribution in [-0.2, 0) is 11.2 Å². The molecule has 0 fully saturated rings. The van der Waals surface area contributed by atoms with E-state index in [4.69, 9.17) is 5.73 Å². The first-order valence-corrected chi connectivity index (χ1v) is 6.93. The highest BCUT2D eigenvalue weighted by atomic mass is 79.9. The molecule has 2 aromatic rings. The van der Waals surface area contributed by atoms with Gasteiger partial charge in [0.05, 0.1) is 5.69 Å². The number of carbonyl (C=O) groups excluding carboxylic acids is 1. The largest absolute Gasteiger partial charge is 0.399 e. The molecule has 0 unspecified atom stereocenters. The van der Waals surface area contributed by atoms with E-state index >= 15 is 0 Å². The molecule has 0 saturated heterocycles. The first-order valence-electron chi connectivity index (χ1n) is 6.14. The number of rotatable bonds is 4. The summed E-state index contributed by atoms with van der Waals surface area (Å²) in [6, 6.07) is 11.9. The summed E-state index contributed by atoms with van der Waals surface area (Å²) in [6.07, 6.45) is 0.879. The summed E-state index contributed by atoms with van der Waals surface area (Å²) >= 11 is 3.17. The fourth-order valence-corrected chi connectivity index (χ4v) is 2.08. The van der Waals surface area contributed by atoms with Gasteiger partial charge < -0.3 is 11.1 Å². The van der Waals surface area contributed by atoms with Gasteiger partial charge in [-0.3, -0.25) is 4.79 Å². The summed E-state index contributed by atoms with van der Waals surface area (Å²) in [7, 11) is 0. The number of anilines is 2. The number of nitrogen functional groups attached to an aromatic ring is 1. The van der Waals surface area contributed by atoms with Gasteiger partial charge in [0.2, 0.25) is 5.91 Å². The average molecular weight is 337 g/mol. The van der Waals surface area contributed by atoms with Gasteiger partial charge in [-0.05, 0) is 42.3 Å². The number of hydrogen-bond donors (Lipinski definition) is 2. The number of aryl methyl sites for hydroxylation is 1. The SMILES string of the molecule is Nc1ccc(CCC(=O)Nc2ccc(Br)cc2F)cc1. The van der Waals surface area contributed by atoms with Gasteiger partial charge in [-0.1, -0.05) is 28.1 Å². The van der Waals surface area contributed by atoms with Gasteiger partial charge in [0.1, 0.15) is 5.82 Å². The lowest BCUT2D eigenvalue weighted by molar-refractivity contribution is -0.116. The summed E-state index contributed by atoms with van der Waals surface area (Å²) < 4.78 is 14.2. The van der Waals surface area contributed by atoms with Crippen LogP contribution < -0.4 is 11.1 Å². The zero-order valence-corrected chi connectivity index (χ0v) is 12.3. The molecule has 0 bridgehead atoms. The van der Waals surface area contributed by atoms with E-state index in [1.165, 1.54) is 12.1 Å². The van der Waals surface area contributed by atoms with Crippen molar-refractivity contribution in [2.24, 2.45) is 0 Å². The maximum atomic E-state index is 13.6. The summed E-state index contributed by atoms with van der Waals surface area (Å²) in [6.45, 7) is 0. The van der Waals surface area contributed by atoms with Crippen molar-refractivity contribution in [2.45, 2.75) is 12.8 Å². The molecule has 0 aliphatic rings. The second-order valence-electron chi connectivity index (χ2n) is 4.41. The third-order valence-electron chi connectivity index (χ3n) is 2.83. The smallest absolute Gasteiger partial charge is 0.224 e. The minimum absolute atomic E-state index is 0.190. The third-order valence-corrected chi connectivity index (χ3v) is 3.32. The highest BCUT2D eigenvalue weighted by Crippen LogP contribution is 2.19. The zero-order chi connectivity index (χ0) is 14.5. The molecule has 0 radical (unpaired) electrons. The van der Waals surface area contributed by atoms with E-state index in [0.29, 0.717) is 23.0 Å². The van der Waals surface area contributed by atoms with Gasteiger partial charge in [0, 0.05) is 16.6 Å². The molecule has 0 atom stereocenters. The normalized spacial score (nSPS) is 10.3. The van der Waals surface area contributed by atoms with Crippen LogP contribution >= 0.6 is 15.9 Å². The van der Waals surface area contributed by atoms with E-state index in [9.17, 15) is 9.18 Å². The molecule has 0 aliphatic carbocycles. The first-order chi connectivity index (χ1) is 9.54. The molecular formula is C15H14BrFN2O. The quantitative estimate of drug-likeness (QED) is 0.835. The average Bonchev–Trinajstić information content (AvgIpc) is 2.41. The van der Waals surface area contributed by atoms with Gasteiger partial charge in [0.15, 0.2) is 0 Å². The third kappa shape index (κ3) is 4.06. The van der Waals surface area contributed by atoms with Crippen LogP contribution in [0.1, 0.15) is 12.0 Å². The summed E-state index contributed by atoms with van der Waals surface area (Å²) in [4.78, 5) is 11.8. The van der Waals surface area contributed by atoms with Crippen molar-refractivity contribution in [3.05, 3.63) is 58.3 Å². The van der Waals surface area contributed by atoms with Crippen LogP contribution in [0.25, 0.3) is 0 Å². The van der Waals surface area contributed by atoms with Crippen molar-refractivity contribution < 1.29 is 9.18 Å². The number of carbonyl (C=O) groups is 1. The number of nitrogens with two attached hydrogens (primary N) is 1. The first kappa shape index (κ1) is 14.5. The van der Waals surface area contributed by atoms with Crippen LogP contribution in [-0.4, -0.2) is 5.91 Å². The maximum absolute atomic E-state index is 13.6. The molecule has 1 amide bonds. The van der Waals surface area contributed by atoms with Crippen molar-refractivity contribution in [3.8, 4) is 0 Å². The predicted molar refractivity (Wildman–Crippen MR) is 81.9 cm³/mol. The molecule has 104 valence electrons. The standard InChI is InChI=1S/C15H14BrFN2O/c16-11-4-7-14(13(17)9-11)19-15(20)8-3-10-1-5-12(18)6-2-10/h1-2,4-7,9H,3,8,18H2,(H,19,20). The van der Waals surface area contributed by atoms with E-state index < -0.39 is 5.82 Å². The Bertz CT molecular complexity index is 614. The number of benzene rings is 2. The molecule has 20 heavy (non-hydrogen) atoms. The molecule has 0 aliphatic heterocycles. The van der Waals surface area contributed by atoms with Crippen LogP contribution in [0.2, 0.25) is 0 Å². The van der Waals surface area contributed by atoms with E-state index in [1.54, 1.807) is 18.2 Å². The van der Waals surface area contributed by atoms with Crippen molar-refractivity contribution in [1.82, 2.24) is 0 Å². The Hall–Kier alpha value is -1.88. The van der Waals surface area contributed by atoms with Gasteiger partial charge in [-0.25, -0.2) is 4.39 Å². The Balaban J connectivity index is 1.90. The lowest BCUT2D eigenvalue weighted by Gasteiger charge is -2.07. The van der Waals surface area contributed by atoms with Gasteiger partial charge in [0.25, 0.3) is 0 Å². The Labute approximate surface area is 125 Å². The fraction of sp³-hybridized carbons (Fsp3) is 0.133. The van der Waals surface area contributed by atoms with E-state index in [-0.39, 0.29) is 11.6 Å². The predicted octanol–water partition coefficient (Wildman–Crippen LogP) is 3.74. The molecule has 0 spiro atoms. The van der Waals surface area contributed by atoms with Gasteiger partial charge in [-0.2, -0.15) is 0 Å². The molecule has 3 nitrogen and oxygen atoms in total. The Kier molecular flexibility index (Phi) is 4.74. The summed E-state index contributed by atoms with van der Waals surface area (Å²) in [5, 5.41) is 2.56. The van der Waals surface area contributed by atoms with E-state index in [0.717, 1.165) is 5.56 Å². The minimum atomic E-state index is -0.458. The number of amides is 1.